The van der Waals surface area contributed by atoms with Crippen molar-refractivity contribution in [3.8, 4) is 21.9 Å². The van der Waals surface area contributed by atoms with Gasteiger partial charge in [-0.2, -0.15) is 12.7 Å². The Kier molecular flexibility index (Phi) is 13.8. The number of carbonyl (C=O) groups excluding carboxylic acids is 1. The standard InChI is InChI=1S/C27H38Cl2NO9PS2/c1-7-27(8-2,39-40(32)33)30(25(31)38-26(4,5)6)42(34,35)23-14-13-22(41-23)20-11-12-21(36-17-9-15-28)24(19(20)3)37-18-10-16-29/h11-14H,7-10,15-18H2,1-6H3/p+1. The number of sulfonamides is 1. The third-order valence-corrected chi connectivity index (χ3v) is 10.5. The van der Waals surface area contributed by atoms with Crippen LogP contribution in [0.3, 0.4) is 0 Å². The van der Waals surface area contributed by atoms with Crippen molar-refractivity contribution >= 4 is 58.9 Å². The van der Waals surface area contributed by atoms with Gasteiger partial charge in [0.1, 0.15) is 9.81 Å². The molecule has 1 heterocycles. The zero-order chi connectivity index (χ0) is 31.7. The summed E-state index contributed by atoms with van der Waals surface area (Å²) in [5.74, 6) is 1.91. The molecule has 1 amide bonds. The van der Waals surface area contributed by atoms with Gasteiger partial charge in [-0.15, -0.1) is 39.4 Å². The third kappa shape index (κ3) is 9.17. The van der Waals surface area contributed by atoms with Gasteiger partial charge in [0.05, 0.1) is 13.2 Å². The number of carbonyl (C=O) groups is 1. The molecule has 2 aromatic rings. The maximum Gasteiger partial charge on any atom is 0.697 e. The van der Waals surface area contributed by atoms with Gasteiger partial charge >= 0.3 is 14.3 Å². The Balaban J connectivity index is 2.64. The van der Waals surface area contributed by atoms with Gasteiger partial charge in [0.15, 0.2) is 11.5 Å². The van der Waals surface area contributed by atoms with E-state index < -0.39 is 35.7 Å². The normalized spacial score (nSPS) is 12.6. The predicted molar refractivity (Wildman–Crippen MR) is 166 cm³/mol. The number of thiophene rings is 1. The highest BCUT2D eigenvalue weighted by Gasteiger charge is 2.53. The molecule has 42 heavy (non-hydrogen) atoms. The first-order chi connectivity index (χ1) is 19.7. The Morgan fingerprint density at radius 3 is 2.14 bits per heavy atom. The van der Waals surface area contributed by atoms with Gasteiger partial charge in [-0.25, -0.2) is 4.79 Å². The minimum absolute atomic E-state index is 0.102. The average molecular weight is 688 g/mol. The molecule has 1 N–H and O–H groups in total. The first kappa shape index (κ1) is 36.5. The molecular formula is C27H39Cl2NO9PS2+. The van der Waals surface area contributed by atoms with Crippen molar-refractivity contribution in [1.29, 1.82) is 0 Å². The van der Waals surface area contributed by atoms with Gasteiger partial charge in [0.25, 0.3) is 10.0 Å². The number of alkyl halides is 2. The van der Waals surface area contributed by atoms with Crippen LogP contribution in [0, 0.1) is 6.92 Å². The molecule has 2 rings (SSSR count). The van der Waals surface area contributed by atoms with E-state index in [9.17, 15) is 22.7 Å². The fraction of sp³-hybridized carbons (Fsp3) is 0.593. The summed E-state index contributed by atoms with van der Waals surface area (Å²) in [5, 5.41) is 0. The summed E-state index contributed by atoms with van der Waals surface area (Å²) in [6.45, 7) is 10.5. The summed E-state index contributed by atoms with van der Waals surface area (Å²) in [6.07, 6.45) is -0.159. The zero-order valence-corrected chi connectivity index (χ0v) is 28.7. The van der Waals surface area contributed by atoms with Crippen LogP contribution in [0.5, 0.6) is 11.5 Å². The molecule has 0 aliphatic rings. The van der Waals surface area contributed by atoms with Gasteiger partial charge in [0, 0.05) is 26.8 Å². The van der Waals surface area contributed by atoms with Gasteiger partial charge in [0.2, 0.25) is 5.72 Å². The predicted octanol–water partition coefficient (Wildman–Crippen LogP) is 7.85. The monoisotopic (exact) mass is 686 g/mol. The number of nitrogens with zero attached hydrogens (tertiary/aromatic N) is 1. The molecular weight excluding hydrogens is 648 g/mol. The van der Waals surface area contributed by atoms with E-state index in [1.807, 2.05) is 6.92 Å². The number of halogens is 2. The van der Waals surface area contributed by atoms with E-state index in [1.165, 1.54) is 6.07 Å². The average Bonchev–Trinajstić information content (AvgIpc) is 3.39. The Bertz CT molecular complexity index is 1330. The molecule has 10 nitrogen and oxygen atoms in total. The molecule has 0 spiro atoms. The van der Waals surface area contributed by atoms with Crippen LogP contribution in [0.1, 0.15) is 65.9 Å². The molecule has 236 valence electrons. The minimum Gasteiger partial charge on any atom is -0.490 e. The smallest absolute Gasteiger partial charge is 0.490 e. The molecule has 0 aliphatic carbocycles. The second kappa shape index (κ2) is 15.9. The number of hydrogen-bond donors (Lipinski definition) is 1. The lowest BCUT2D eigenvalue weighted by Crippen LogP contribution is -2.55. The summed E-state index contributed by atoms with van der Waals surface area (Å²) in [6, 6.07) is 6.55. The maximum atomic E-state index is 14.1. The molecule has 1 atom stereocenters. The van der Waals surface area contributed by atoms with E-state index in [-0.39, 0.29) is 17.1 Å². The van der Waals surface area contributed by atoms with Crippen LogP contribution in [0.2, 0.25) is 0 Å². The Morgan fingerprint density at radius 2 is 1.62 bits per heavy atom. The lowest BCUT2D eigenvalue weighted by molar-refractivity contribution is -0.0544. The van der Waals surface area contributed by atoms with Crippen molar-refractivity contribution in [3.63, 3.8) is 0 Å². The van der Waals surface area contributed by atoms with E-state index in [1.54, 1.807) is 52.8 Å². The summed E-state index contributed by atoms with van der Waals surface area (Å²) < 4.78 is 62.8. The topological polar surface area (TPSA) is 129 Å². The minimum atomic E-state index is -4.62. The highest BCUT2D eigenvalue weighted by atomic mass is 35.5. The van der Waals surface area contributed by atoms with Crippen molar-refractivity contribution in [2.75, 3.05) is 25.0 Å². The fourth-order valence-electron chi connectivity index (χ4n) is 4.02. The molecule has 1 unspecified atom stereocenters. The largest absolute Gasteiger partial charge is 0.697 e. The number of amides is 1. The third-order valence-electron chi connectivity index (χ3n) is 6.05. The number of rotatable bonds is 16. The van der Waals surface area contributed by atoms with E-state index >= 15 is 0 Å². The van der Waals surface area contributed by atoms with Gasteiger partial charge < -0.3 is 14.2 Å². The van der Waals surface area contributed by atoms with Crippen LogP contribution < -0.4 is 9.47 Å². The molecule has 0 saturated heterocycles. The second-order valence-corrected chi connectivity index (χ2v) is 14.7. The van der Waals surface area contributed by atoms with Crippen molar-refractivity contribution in [2.24, 2.45) is 0 Å². The van der Waals surface area contributed by atoms with Crippen molar-refractivity contribution in [2.45, 2.75) is 82.8 Å². The van der Waals surface area contributed by atoms with Crippen molar-refractivity contribution in [3.05, 3.63) is 29.8 Å². The SMILES string of the molecule is CCC(CC)(O[P+](=O)O)N(C(=O)OC(C)(C)C)S(=O)(=O)c1ccc(-c2ccc(OCCCCl)c(OCCCCl)c2C)s1. The van der Waals surface area contributed by atoms with Gasteiger partial charge in [-0.3, -0.25) is 0 Å². The molecule has 0 saturated carbocycles. The molecule has 1 aromatic heterocycles. The van der Waals surface area contributed by atoms with Crippen LogP contribution >= 0.6 is 42.8 Å². The van der Waals surface area contributed by atoms with E-state index in [0.29, 0.717) is 64.1 Å². The van der Waals surface area contributed by atoms with Gasteiger partial charge in [-0.05, 0) is 83.2 Å². The van der Waals surface area contributed by atoms with Crippen LogP contribution in [0.15, 0.2) is 28.5 Å². The van der Waals surface area contributed by atoms with E-state index in [2.05, 4.69) is 0 Å². The van der Waals surface area contributed by atoms with Crippen molar-refractivity contribution < 1.29 is 41.4 Å². The second-order valence-electron chi connectivity index (χ2n) is 10.2. The summed E-state index contributed by atoms with van der Waals surface area (Å²) in [7, 11) is -7.88. The maximum absolute atomic E-state index is 14.1. The number of hydrogen-bond acceptors (Lipinski definition) is 9. The first-order valence-corrected chi connectivity index (χ1v) is 17.9. The molecule has 1 aromatic carbocycles. The van der Waals surface area contributed by atoms with Gasteiger partial charge in [-0.1, -0.05) is 18.4 Å². The highest BCUT2D eigenvalue weighted by Crippen LogP contribution is 2.44. The number of benzene rings is 1. The molecule has 15 heteroatoms. The fourth-order valence-corrected chi connectivity index (χ4v) is 8.05. The molecule has 0 aliphatic heterocycles. The summed E-state index contributed by atoms with van der Waals surface area (Å²) >= 11 is 12.5. The van der Waals surface area contributed by atoms with E-state index in [0.717, 1.165) is 16.9 Å². The molecule has 0 fully saturated rings. The van der Waals surface area contributed by atoms with E-state index in [4.69, 9.17) is 41.9 Å². The Labute approximate surface area is 263 Å². The Hall–Kier alpha value is -1.66. The highest BCUT2D eigenvalue weighted by molar-refractivity contribution is 7.91. The summed E-state index contributed by atoms with van der Waals surface area (Å²) in [4.78, 5) is 23.6. The summed E-state index contributed by atoms with van der Waals surface area (Å²) in [5.41, 5.74) is -1.60. The number of ether oxygens (including phenoxy) is 3. The van der Waals surface area contributed by atoms with Crippen LogP contribution in [0.4, 0.5) is 4.79 Å². The quantitative estimate of drug-likeness (QED) is 0.0812. The molecule has 0 radical (unpaired) electrons. The van der Waals surface area contributed by atoms with Crippen molar-refractivity contribution in [1.82, 2.24) is 4.31 Å². The molecule has 0 bridgehead atoms. The van der Waals surface area contributed by atoms with Crippen LogP contribution in [-0.4, -0.2) is 60.0 Å². The lowest BCUT2D eigenvalue weighted by Gasteiger charge is -2.37. The van der Waals surface area contributed by atoms with Crippen LogP contribution in [-0.2, 0) is 23.8 Å². The first-order valence-electron chi connectivity index (χ1n) is 13.4. The van der Waals surface area contributed by atoms with Crippen LogP contribution in [0.25, 0.3) is 10.4 Å². The Morgan fingerprint density at radius 1 is 1.02 bits per heavy atom. The lowest BCUT2D eigenvalue weighted by atomic mass is 10.1. The zero-order valence-electron chi connectivity index (χ0n) is 24.6.